The van der Waals surface area contributed by atoms with Gasteiger partial charge in [-0.3, -0.25) is 9.78 Å². The summed E-state index contributed by atoms with van der Waals surface area (Å²) < 4.78 is 5.45. The van der Waals surface area contributed by atoms with Crippen molar-refractivity contribution >= 4 is 17.4 Å². The Morgan fingerprint density at radius 1 is 1.12 bits per heavy atom. The van der Waals surface area contributed by atoms with E-state index in [1.165, 1.54) is 5.56 Å². The number of nitrogens with one attached hydrogen (secondary N) is 1. The largest absolute Gasteiger partial charge is 0.495 e. The maximum Gasteiger partial charge on any atom is 0.247 e. The van der Waals surface area contributed by atoms with Crippen LogP contribution in [0.5, 0.6) is 5.75 Å². The van der Waals surface area contributed by atoms with Gasteiger partial charge in [0.1, 0.15) is 17.6 Å². The molecule has 1 aliphatic carbocycles. The van der Waals surface area contributed by atoms with Gasteiger partial charge in [-0.25, -0.2) is 9.97 Å². The predicted molar refractivity (Wildman–Crippen MR) is 124 cm³/mol. The minimum Gasteiger partial charge on any atom is -0.495 e. The molecule has 1 atom stereocenters. The van der Waals surface area contributed by atoms with Gasteiger partial charge in [-0.1, -0.05) is 6.07 Å². The lowest BCUT2D eigenvalue weighted by Crippen LogP contribution is -2.40. The summed E-state index contributed by atoms with van der Waals surface area (Å²) in [6.07, 6.45) is 8.24. The number of hydrogen-bond acceptors (Lipinski definition) is 6. The zero-order chi connectivity index (χ0) is 22.1. The summed E-state index contributed by atoms with van der Waals surface area (Å²) in [4.78, 5) is 29.5. The number of fused-ring (bicyclic) bond motifs is 1. The standard InChI is InChI=1S/C25H27N5O2/c1-16-8-9-22(32-2)20(15-16)28-25(31)21-7-4-14-30(21)24-18-5-3-6-19(18)27-23(29-24)17-10-12-26-13-11-17/h8-13,15,21H,3-7,14H2,1-2H3,(H,28,31). The molecule has 1 fully saturated rings. The van der Waals surface area contributed by atoms with E-state index in [0.717, 1.165) is 61.3 Å². The molecule has 1 saturated heterocycles. The fourth-order valence-corrected chi connectivity index (χ4v) is 4.71. The quantitative estimate of drug-likeness (QED) is 0.662. The highest BCUT2D eigenvalue weighted by Gasteiger charge is 2.35. The molecular weight excluding hydrogens is 402 g/mol. The van der Waals surface area contributed by atoms with Crippen LogP contribution in [0.1, 0.15) is 36.1 Å². The minimum atomic E-state index is -0.273. The molecular formula is C25H27N5O2. The Balaban J connectivity index is 1.48. The van der Waals surface area contributed by atoms with Crippen molar-refractivity contribution in [3.63, 3.8) is 0 Å². The fourth-order valence-electron chi connectivity index (χ4n) is 4.71. The molecule has 2 aromatic heterocycles. The van der Waals surface area contributed by atoms with E-state index >= 15 is 0 Å². The summed E-state index contributed by atoms with van der Waals surface area (Å²) in [5, 5.41) is 3.10. The molecule has 0 radical (unpaired) electrons. The van der Waals surface area contributed by atoms with Gasteiger partial charge in [0, 0.05) is 35.8 Å². The first-order valence-electron chi connectivity index (χ1n) is 11.2. The number of amides is 1. The number of methoxy groups -OCH3 is 1. The Kier molecular flexibility index (Phi) is 5.47. The minimum absolute atomic E-state index is 0.0257. The maximum absolute atomic E-state index is 13.4. The topological polar surface area (TPSA) is 80.2 Å². The Morgan fingerprint density at radius 3 is 2.78 bits per heavy atom. The number of benzene rings is 1. The maximum atomic E-state index is 13.4. The summed E-state index contributed by atoms with van der Waals surface area (Å²) >= 11 is 0. The van der Waals surface area contributed by atoms with Gasteiger partial charge >= 0.3 is 0 Å². The number of nitrogens with zero attached hydrogens (tertiary/aromatic N) is 4. The third-order valence-electron chi connectivity index (χ3n) is 6.29. The zero-order valence-corrected chi connectivity index (χ0v) is 18.5. The Hall–Kier alpha value is -3.48. The normalized spacial score (nSPS) is 17.3. The van der Waals surface area contributed by atoms with E-state index in [1.54, 1.807) is 19.5 Å². The van der Waals surface area contributed by atoms with Crippen LogP contribution in [0.3, 0.4) is 0 Å². The van der Waals surface area contributed by atoms with Crippen LogP contribution in [-0.4, -0.2) is 40.6 Å². The summed E-state index contributed by atoms with van der Waals surface area (Å²) in [5.74, 6) is 2.25. The summed E-state index contributed by atoms with van der Waals surface area (Å²) in [6.45, 7) is 2.81. The lowest BCUT2D eigenvalue weighted by Gasteiger charge is -2.27. The number of carbonyl (C=O) groups is 1. The van der Waals surface area contributed by atoms with E-state index in [0.29, 0.717) is 17.3 Å². The van der Waals surface area contributed by atoms with E-state index in [4.69, 9.17) is 14.7 Å². The first-order valence-corrected chi connectivity index (χ1v) is 11.2. The number of pyridine rings is 1. The average molecular weight is 430 g/mol. The molecule has 0 saturated carbocycles. The van der Waals surface area contributed by atoms with E-state index < -0.39 is 0 Å². The second-order valence-corrected chi connectivity index (χ2v) is 8.43. The van der Waals surface area contributed by atoms with Crippen LogP contribution in [0.2, 0.25) is 0 Å². The average Bonchev–Trinajstić information content (AvgIpc) is 3.49. The highest BCUT2D eigenvalue weighted by Crippen LogP contribution is 2.35. The van der Waals surface area contributed by atoms with Crippen molar-refractivity contribution in [3.05, 3.63) is 59.5 Å². The summed E-state index contributed by atoms with van der Waals surface area (Å²) in [6, 6.07) is 9.39. The summed E-state index contributed by atoms with van der Waals surface area (Å²) in [5.41, 5.74) is 5.01. The molecule has 7 nitrogen and oxygen atoms in total. The van der Waals surface area contributed by atoms with Crippen LogP contribution in [0.15, 0.2) is 42.7 Å². The Bertz CT molecular complexity index is 1150. The Labute approximate surface area is 187 Å². The first-order chi connectivity index (χ1) is 15.6. The third-order valence-corrected chi connectivity index (χ3v) is 6.29. The van der Waals surface area contributed by atoms with Crippen molar-refractivity contribution in [2.24, 2.45) is 0 Å². The highest BCUT2D eigenvalue weighted by molar-refractivity contribution is 5.98. The number of carbonyl (C=O) groups excluding carboxylic acids is 1. The molecule has 32 heavy (non-hydrogen) atoms. The van der Waals surface area contributed by atoms with Gasteiger partial charge in [-0.05, 0) is 68.9 Å². The second kappa shape index (κ2) is 8.57. The van der Waals surface area contributed by atoms with Crippen molar-refractivity contribution in [2.75, 3.05) is 23.9 Å². The molecule has 1 amide bonds. The van der Waals surface area contributed by atoms with Crippen molar-refractivity contribution in [1.82, 2.24) is 15.0 Å². The van der Waals surface area contributed by atoms with Gasteiger partial charge in [0.2, 0.25) is 5.91 Å². The number of hydrogen-bond donors (Lipinski definition) is 1. The molecule has 2 aliphatic rings. The van der Waals surface area contributed by atoms with E-state index in [1.807, 2.05) is 37.3 Å². The predicted octanol–water partition coefficient (Wildman–Crippen LogP) is 3.95. The zero-order valence-electron chi connectivity index (χ0n) is 18.5. The molecule has 1 aromatic carbocycles. The van der Waals surface area contributed by atoms with Crippen LogP contribution in [0.4, 0.5) is 11.5 Å². The molecule has 1 aliphatic heterocycles. The number of aryl methyl sites for hydroxylation is 2. The molecule has 3 aromatic rings. The van der Waals surface area contributed by atoms with Crippen molar-refractivity contribution in [2.45, 2.75) is 45.1 Å². The first kappa shape index (κ1) is 20.4. The van der Waals surface area contributed by atoms with Crippen LogP contribution in [0.25, 0.3) is 11.4 Å². The smallest absolute Gasteiger partial charge is 0.247 e. The van der Waals surface area contributed by atoms with Crippen LogP contribution in [0, 0.1) is 6.92 Å². The van der Waals surface area contributed by atoms with E-state index in [-0.39, 0.29) is 11.9 Å². The SMILES string of the molecule is COc1ccc(C)cc1NC(=O)C1CCCN1c1nc(-c2ccncc2)nc2c1CCC2. The third kappa shape index (κ3) is 3.79. The van der Waals surface area contributed by atoms with Gasteiger partial charge < -0.3 is 15.0 Å². The lowest BCUT2D eigenvalue weighted by atomic mass is 10.1. The number of rotatable bonds is 5. The number of ether oxygens (including phenoxy) is 1. The molecule has 5 rings (SSSR count). The van der Waals surface area contributed by atoms with Gasteiger partial charge in [0.05, 0.1) is 12.8 Å². The van der Waals surface area contributed by atoms with Crippen LogP contribution >= 0.6 is 0 Å². The van der Waals surface area contributed by atoms with E-state index in [9.17, 15) is 4.79 Å². The van der Waals surface area contributed by atoms with Crippen LogP contribution < -0.4 is 15.0 Å². The second-order valence-electron chi connectivity index (χ2n) is 8.43. The molecule has 0 spiro atoms. The molecule has 7 heteroatoms. The van der Waals surface area contributed by atoms with Gasteiger partial charge in [-0.2, -0.15) is 0 Å². The highest BCUT2D eigenvalue weighted by atomic mass is 16.5. The van der Waals surface area contributed by atoms with Crippen molar-refractivity contribution in [3.8, 4) is 17.1 Å². The monoisotopic (exact) mass is 429 g/mol. The molecule has 1 unspecified atom stereocenters. The van der Waals surface area contributed by atoms with Crippen molar-refractivity contribution < 1.29 is 9.53 Å². The lowest BCUT2D eigenvalue weighted by molar-refractivity contribution is -0.117. The van der Waals surface area contributed by atoms with Gasteiger partial charge in [0.15, 0.2) is 5.82 Å². The van der Waals surface area contributed by atoms with Crippen LogP contribution in [-0.2, 0) is 17.6 Å². The Morgan fingerprint density at radius 2 is 1.97 bits per heavy atom. The fraction of sp³-hybridized carbons (Fsp3) is 0.360. The van der Waals surface area contributed by atoms with Gasteiger partial charge in [0.25, 0.3) is 0 Å². The molecule has 0 bridgehead atoms. The molecule has 164 valence electrons. The van der Waals surface area contributed by atoms with Crippen molar-refractivity contribution in [1.29, 1.82) is 0 Å². The van der Waals surface area contributed by atoms with E-state index in [2.05, 4.69) is 15.2 Å². The summed E-state index contributed by atoms with van der Waals surface area (Å²) in [7, 11) is 1.62. The molecule has 1 N–H and O–H groups in total. The van der Waals surface area contributed by atoms with Gasteiger partial charge in [-0.15, -0.1) is 0 Å². The number of anilines is 2. The number of aromatic nitrogens is 3. The molecule has 3 heterocycles.